The van der Waals surface area contributed by atoms with Gasteiger partial charge in [0.15, 0.2) is 0 Å². The molecule has 0 spiro atoms. The molecule has 2 atom stereocenters. The number of hydrogen-bond acceptors (Lipinski definition) is 4. The minimum absolute atomic E-state index is 0.172. The topological polar surface area (TPSA) is 58.6 Å². The van der Waals surface area contributed by atoms with Crippen LogP contribution in [0.4, 0.5) is 13.2 Å². The Bertz CT molecular complexity index is 1010. The van der Waals surface area contributed by atoms with Gasteiger partial charge in [0.2, 0.25) is 0 Å². The zero-order valence-electron chi connectivity index (χ0n) is 15.2. The minimum atomic E-state index is -4.26. The van der Waals surface area contributed by atoms with Crippen molar-refractivity contribution >= 4 is 10.0 Å². The van der Waals surface area contributed by atoms with Crippen molar-refractivity contribution in [1.29, 1.82) is 0 Å². The summed E-state index contributed by atoms with van der Waals surface area (Å²) in [6.07, 6.45) is 0.465. The number of nitrogens with one attached hydrogen (secondary N) is 1. The molecule has 0 saturated carbocycles. The van der Waals surface area contributed by atoms with Crippen LogP contribution < -0.4 is 5.32 Å². The lowest BCUT2D eigenvalue weighted by Crippen LogP contribution is -2.34. The summed E-state index contributed by atoms with van der Waals surface area (Å²) in [5.41, 5.74) is 0.354. The minimum Gasteiger partial charge on any atom is -0.374 e. The molecule has 0 amide bonds. The van der Waals surface area contributed by atoms with Crippen molar-refractivity contribution in [3.8, 4) is 0 Å². The smallest absolute Gasteiger partial charge is 0.264 e. The summed E-state index contributed by atoms with van der Waals surface area (Å²) in [4.78, 5) is -0.300. The molecule has 0 fully saturated rings. The molecule has 5 nitrogen and oxygen atoms in total. The molecule has 3 rings (SSSR count). The Morgan fingerprint density at radius 2 is 1.82 bits per heavy atom. The van der Waals surface area contributed by atoms with E-state index in [1.54, 1.807) is 7.05 Å². The Morgan fingerprint density at radius 3 is 2.46 bits per heavy atom. The van der Waals surface area contributed by atoms with E-state index in [9.17, 15) is 21.6 Å². The number of nitrogens with zero attached hydrogens (tertiary/aromatic N) is 1. The highest BCUT2D eigenvalue weighted by atomic mass is 32.2. The van der Waals surface area contributed by atoms with Crippen LogP contribution in [0.3, 0.4) is 0 Å². The first-order chi connectivity index (χ1) is 13.3. The van der Waals surface area contributed by atoms with E-state index in [-0.39, 0.29) is 17.0 Å². The molecule has 1 heterocycles. The predicted molar refractivity (Wildman–Crippen MR) is 97.3 cm³/mol. The quantitative estimate of drug-likeness (QED) is 0.793. The van der Waals surface area contributed by atoms with Gasteiger partial charge in [-0.05, 0) is 49.0 Å². The Balaban J connectivity index is 2.18. The van der Waals surface area contributed by atoms with E-state index in [0.29, 0.717) is 5.57 Å². The molecule has 0 saturated heterocycles. The van der Waals surface area contributed by atoms with Gasteiger partial charge in [-0.2, -0.15) is 0 Å². The van der Waals surface area contributed by atoms with E-state index in [2.05, 4.69) is 5.32 Å². The molecule has 1 aliphatic rings. The van der Waals surface area contributed by atoms with Crippen LogP contribution in [0.1, 0.15) is 11.6 Å². The highest BCUT2D eigenvalue weighted by molar-refractivity contribution is 7.89. The average molecular weight is 412 g/mol. The zero-order chi connectivity index (χ0) is 20.5. The first kappa shape index (κ1) is 20.4. The van der Waals surface area contributed by atoms with Crippen molar-refractivity contribution in [3.63, 3.8) is 0 Å². The number of methoxy groups -OCH3 is 1. The highest BCUT2D eigenvalue weighted by Gasteiger charge is 2.44. The van der Waals surface area contributed by atoms with E-state index in [1.165, 1.54) is 25.4 Å². The number of ether oxygens (including phenoxy) is 1. The molecule has 2 unspecified atom stereocenters. The van der Waals surface area contributed by atoms with Crippen LogP contribution in [0.25, 0.3) is 0 Å². The summed E-state index contributed by atoms with van der Waals surface area (Å²) in [7, 11) is -1.24. The highest BCUT2D eigenvalue weighted by Crippen LogP contribution is 2.41. The molecule has 0 radical (unpaired) electrons. The fourth-order valence-corrected chi connectivity index (χ4v) is 4.85. The van der Waals surface area contributed by atoms with Crippen LogP contribution in [0.2, 0.25) is 0 Å². The standard InChI is InChI=1S/C19H19F3N2O3S/c1-23-10-12-11-24(28(25,26)15-5-3-4-13(20)8-15)18(19(12)27-2)16-9-14(21)6-7-17(16)22/h3-9,11,18-19,23H,10H2,1-2H3. The van der Waals surface area contributed by atoms with E-state index < -0.39 is 39.6 Å². The molecule has 2 aromatic carbocycles. The Kier molecular flexibility index (Phi) is 5.78. The van der Waals surface area contributed by atoms with Crippen molar-refractivity contribution in [2.45, 2.75) is 17.0 Å². The summed E-state index contributed by atoms with van der Waals surface area (Å²) in [5, 5.41) is 2.90. The summed E-state index contributed by atoms with van der Waals surface area (Å²) in [5.74, 6) is -2.21. The van der Waals surface area contributed by atoms with Gasteiger partial charge in [-0.1, -0.05) is 6.07 Å². The number of likely N-dealkylation sites (N-methyl/N-ethyl adjacent to an activating group) is 1. The maximum atomic E-state index is 14.5. The zero-order valence-corrected chi connectivity index (χ0v) is 16.0. The van der Waals surface area contributed by atoms with Gasteiger partial charge in [-0.15, -0.1) is 0 Å². The van der Waals surface area contributed by atoms with Crippen LogP contribution in [0.5, 0.6) is 0 Å². The van der Waals surface area contributed by atoms with Gasteiger partial charge < -0.3 is 10.1 Å². The predicted octanol–water partition coefficient (Wildman–Crippen LogP) is 2.97. The van der Waals surface area contributed by atoms with Crippen LogP contribution in [0, 0.1) is 17.5 Å². The van der Waals surface area contributed by atoms with Gasteiger partial charge in [-0.3, -0.25) is 4.31 Å². The van der Waals surface area contributed by atoms with E-state index in [4.69, 9.17) is 4.74 Å². The van der Waals surface area contributed by atoms with Gasteiger partial charge in [0, 0.05) is 25.4 Å². The van der Waals surface area contributed by atoms with Gasteiger partial charge >= 0.3 is 0 Å². The van der Waals surface area contributed by atoms with Gasteiger partial charge in [-0.25, -0.2) is 21.6 Å². The SMILES string of the molecule is CNCC1=CN(S(=O)(=O)c2cccc(F)c2)C(c2cc(F)ccc2F)C1OC. The largest absolute Gasteiger partial charge is 0.374 e. The molecular weight excluding hydrogens is 393 g/mol. The number of sulfonamides is 1. The molecule has 28 heavy (non-hydrogen) atoms. The Hall–Kier alpha value is -2.36. The Morgan fingerprint density at radius 1 is 1.11 bits per heavy atom. The van der Waals surface area contributed by atoms with E-state index in [0.717, 1.165) is 34.6 Å². The maximum Gasteiger partial charge on any atom is 0.264 e. The third-order valence-electron chi connectivity index (χ3n) is 4.50. The lowest BCUT2D eigenvalue weighted by Gasteiger charge is -2.29. The second-order valence-electron chi connectivity index (χ2n) is 6.29. The average Bonchev–Trinajstić information content (AvgIpc) is 3.03. The van der Waals surface area contributed by atoms with Crippen molar-refractivity contribution in [2.75, 3.05) is 20.7 Å². The summed E-state index contributed by atoms with van der Waals surface area (Å²) in [6.45, 7) is 0.265. The molecule has 1 aliphatic heterocycles. The third-order valence-corrected chi connectivity index (χ3v) is 6.24. The fourth-order valence-electron chi connectivity index (χ4n) is 3.29. The first-order valence-electron chi connectivity index (χ1n) is 8.41. The van der Waals surface area contributed by atoms with E-state index >= 15 is 0 Å². The van der Waals surface area contributed by atoms with Crippen LogP contribution in [-0.2, 0) is 14.8 Å². The van der Waals surface area contributed by atoms with Gasteiger partial charge in [0.1, 0.15) is 29.6 Å². The van der Waals surface area contributed by atoms with Crippen molar-refractivity contribution in [3.05, 3.63) is 77.3 Å². The van der Waals surface area contributed by atoms with Crippen LogP contribution in [0.15, 0.2) is 59.1 Å². The summed E-state index contributed by atoms with van der Waals surface area (Å²) in [6, 6.07) is 6.13. The van der Waals surface area contributed by atoms with Gasteiger partial charge in [0.25, 0.3) is 10.0 Å². The molecule has 9 heteroatoms. The summed E-state index contributed by atoms with van der Waals surface area (Å²) < 4.78 is 74.7. The summed E-state index contributed by atoms with van der Waals surface area (Å²) >= 11 is 0. The second-order valence-corrected chi connectivity index (χ2v) is 8.14. The fraction of sp³-hybridized carbons (Fsp3) is 0.263. The van der Waals surface area contributed by atoms with Crippen molar-refractivity contribution < 1.29 is 26.3 Å². The molecule has 0 bridgehead atoms. The number of rotatable bonds is 6. The molecule has 2 aromatic rings. The number of hydrogen-bond donors (Lipinski definition) is 1. The van der Waals surface area contributed by atoms with E-state index in [1.807, 2.05) is 0 Å². The third kappa shape index (κ3) is 3.65. The molecule has 0 aromatic heterocycles. The van der Waals surface area contributed by atoms with Crippen molar-refractivity contribution in [1.82, 2.24) is 9.62 Å². The number of halogens is 3. The van der Waals surface area contributed by atoms with Crippen LogP contribution >= 0.6 is 0 Å². The van der Waals surface area contributed by atoms with Crippen molar-refractivity contribution in [2.24, 2.45) is 0 Å². The molecule has 1 N–H and O–H groups in total. The second kappa shape index (κ2) is 7.94. The first-order valence-corrected chi connectivity index (χ1v) is 9.85. The normalized spacial score (nSPS) is 19.8. The van der Waals surface area contributed by atoms with Crippen LogP contribution in [-0.4, -0.2) is 39.5 Å². The Labute approximate surface area is 161 Å². The lowest BCUT2D eigenvalue weighted by atomic mass is 9.98. The number of benzene rings is 2. The molecule has 150 valence electrons. The maximum absolute atomic E-state index is 14.5. The monoisotopic (exact) mass is 412 g/mol. The lowest BCUT2D eigenvalue weighted by molar-refractivity contribution is 0.0919. The molecule has 0 aliphatic carbocycles. The molecular formula is C19H19F3N2O3S. The van der Waals surface area contributed by atoms with Gasteiger partial charge in [0.05, 0.1) is 4.90 Å².